The fourth-order valence-electron chi connectivity index (χ4n) is 1.68. The van der Waals surface area contributed by atoms with Gasteiger partial charge in [-0.2, -0.15) is 5.26 Å². The minimum atomic E-state index is -0.369. The van der Waals surface area contributed by atoms with E-state index in [1.807, 2.05) is 24.4 Å². The summed E-state index contributed by atoms with van der Waals surface area (Å²) in [5.41, 5.74) is 6.76. The summed E-state index contributed by atoms with van der Waals surface area (Å²) in [5.74, 6) is 0. The Labute approximate surface area is 88.7 Å². The normalized spacial score (nSPS) is 12.5. The van der Waals surface area contributed by atoms with Gasteiger partial charge in [0.25, 0.3) is 0 Å². The van der Waals surface area contributed by atoms with Gasteiger partial charge in [-0.3, -0.25) is 0 Å². The van der Waals surface area contributed by atoms with Crippen molar-refractivity contribution in [1.82, 2.24) is 4.57 Å². The van der Waals surface area contributed by atoms with Crippen LogP contribution in [-0.4, -0.2) is 10.6 Å². The van der Waals surface area contributed by atoms with E-state index in [1.165, 1.54) is 10.9 Å². The van der Waals surface area contributed by atoms with Gasteiger partial charge in [0.05, 0.1) is 12.1 Å². The molecule has 0 aliphatic carbocycles. The van der Waals surface area contributed by atoms with Gasteiger partial charge in [-0.15, -0.1) is 0 Å². The highest BCUT2D eigenvalue weighted by Crippen LogP contribution is 2.15. The van der Waals surface area contributed by atoms with E-state index in [0.29, 0.717) is 6.42 Å². The second-order valence-electron chi connectivity index (χ2n) is 3.59. The van der Waals surface area contributed by atoms with Crippen molar-refractivity contribution < 1.29 is 0 Å². The van der Waals surface area contributed by atoms with Crippen LogP contribution in [0.15, 0.2) is 36.5 Å². The van der Waals surface area contributed by atoms with Crippen LogP contribution < -0.4 is 5.73 Å². The fourth-order valence-corrected chi connectivity index (χ4v) is 1.68. The predicted octanol–water partition coefficient (Wildman–Crippen LogP) is 1.88. The smallest absolute Gasteiger partial charge is 0.0945 e. The second-order valence-corrected chi connectivity index (χ2v) is 3.59. The van der Waals surface area contributed by atoms with Crippen molar-refractivity contribution in [2.75, 3.05) is 0 Å². The molecule has 0 aliphatic rings. The molecule has 1 aromatic heterocycles. The van der Waals surface area contributed by atoms with Crippen molar-refractivity contribution >= 4 is 10.9 Å². The van der Waals surface area contributed by atoms with Crippen LogP contribution in [0.1, 0.15) is 6.42 Å². The minimum Gasteiger partial charge on any atom is -0.347 e. The molecule has 76 valence electrons. The lowest BCUT2D eigenvalue weighted by atomic mass is 10.2. The Bertz CT molecular complexity index is 493. The third-order valence-electron chi connectivity index (χ3n) is 2.53. The van der Waals surface area contributed by atoms with Gasteiger partial charge in [-0.25, -0.2) is 0 Å². The van der Waals surface area contributed by atoms with Crippen molar-refractivity contribution in [1.29, 1.82) is 5.26 Å². The van der Waals surface area contributed by atoms with Crippen molar-refractivity contribution in [2.45, 2.75) is 19.0 Å². The summed E-state index contributed by atoms with van der Waals surface area (Å²) in [7, 11) is 0. The van der Waals surface area contributed by atoms with Crippen LogP contribution in [-0.2, 0) is 6.54 Å². The van der Waals surface area contributed by atoms with Gasteiger partial charge in [0.2, 0.25) is 0 Å². The zero-order valence-corrected chi connectivity index (χ0v) is 8.43. The summed E-state index contributed by atoms with van der Waals surface area (Å²) in [6, 6.07) is 11.9. The average Bonchev–Trinajstić information content (AvgIpc) is 2.69. The first kappa shape index (κ1) is 9.75. The van der Waals surface area contributed by atoms with Crippen molar-refractivity contribution in [3.8, 4) is 6.07 Å². The molecule has 0 radical (unpaired) electrons. The lowest BCUT2D eigenvalue weighted by Gasteiger charge is -2.06. The van der Waals surface area contributed by atoms with Gasteiger partial charge in [-0.1, -0.05) is 18.2 Å². The van der Waals surface area contributed by atoms with Crippen LogP contribution >= 0.6 is 0 Å². The molecule has 0 saturated carbocycles. The summed E-state index contributed by atoms with van der Waals surface area (Å²) in [6.45, 7) is 0.794. The van der Waals surface area contributed by atoms with Crippen LogP contribution in [0.5, 0.6) is 0 Å². The Morgan fingerprint density at radius 1 is 1.33 bits per heavy atom. The topological polar surface area (TPSA) is 54.7 Å². The van der Waals surface area contributed by atoms with Crippen molar-refractivity contribution in [3.63, 3.8) is 0 Å². The first-order valence-electron chi connectivity index (χ1n) is 5.00. The number of nitriles is 1. The van der Waals surface area contributed by atoms with Crippen LogP contribution in [0.3, 0.4) is 0 Å². The van der Waals surface area contributed by atoms with E-state index in [4.69, 9.17) is 11.0 Å². The molecular weight excluding hydrogens is 186 g/mol. The van der Waals surface area contributed by atoms with Crippen LogP contribution in [0.2, 0.25) is 0 Å². The molecule has 1 unspecified atom stereocenters. The predicted molar refractivity (Wildman–Crippen MR) is 60.1 cm³/mol. The number of para-hydroxylation sites is 1. The van der Waals surface area contributed by atoms with Gasteiger partial charge in [0.15, 0.2) is 0 Å². The summed E-state index contributed by atoms with van der Waals surface area (Å²) >= 11 is 0. The van der Waals surface area contributed by atoms with Crippen LogP contribution in [0, 0.1) is 11.3 Å². The Morgan fingerprint density at radius 2 is 2.13 bits per heavy atom. The highest BCUT2D eigenvalue weighted by Gasteiger charge is 2.02. The largest absolute Gasteiger partial charge is 0.347 e. The van der Waals surface area contributed by atoms with Gasteiger partial charge in [0.1, 0.15) is 0 Å². The molecule has 1 atom stereocenters. The standard InChI is InChI=1S/C12H13N3/c13-9-11(14)6-8-15-7-5-10-3-1-2-4-12(10)15/h1-5,7,11H,6,8,14H2. The molecule has 0 spiro atoms. The molecule has 0 saturated heterocycles. The highest BCUT2D eigenvalue weighted by molar-refractivity contribution is 5.79. The van der Waals surface area contributed by atoms with E-state index in [2.05, 4.69) is 22.8 Å². The number of nitrogens with zero attached hydrogens (tertiary/aromatic N) is 2. The van der Waals surface area contributed by atoms with Crippen LogP contribution in [0.25, 0.3) is 10.9 Å². The maximum Gasteiger partial charge on any atom is 0.0945 e. The third kappa shape index (κ3) is 2.00. The van der Waals surface area contributed by atoms with Crippen molar-refractivity contribution in [3.05, 3.63) is 36.5 Å². The zero-order valence-electron chi connectivity index (χ0n) is 8.43. The average molecular weight is 199 g/mol. The summed E-state index contributed by atoms with van der Waals surface area (Å²) in [5, 5.41) is 9.82. The van der Waals surface area contributed by atoms with E-state index >= 15 is 0 Å². The number of benzene rings is 1. The molecule has 2 N–H and O–H groups in total. The maximum absolute atomic E-state index is 8.59. The Hall–Kier alpha value is -1.79. The molecule has 0 fully saturated rings. The van der Waals surface area contributed by atoms with Crippen molar-refractivity contribution in [2.24, 2.45) is 5.73 Å². The number of fused-ring (bicyclic) bond motifs is 1. The van der Waals surface area contributed by atoms with E-state index < -0.39 is 0 Å². The summed E-state index contributed by atoms with van der Waals surface area (Å²) < 4.78 is 2.13. The summed E-state index contributed by atoms with van der Waals surface area (Å²) in [6.07, 6.45) is 2.73. The molecule has 0 bridgehead atoms. The lowest BCUT2D eigenvalue weighted by Crippen LogP contribution is -2.19. The Balaban J connectivity index is 2.19. The van der Waals surface area contributed by atoms with Crippen LogP contribution in [0.4, 0.5) is 0 Å². The minimum absolute atomic E-state index is 0.369. The molecule has 1 heterocycles. The van der Waals surface area contributed by atoms with Gasteiger partial charge in [-0.05, 0) is 23.9 Å². The SMILES string of the molecule is N#CC(N)CCn1ccc2ccccc21. The van der Waals surface area contributed by atoms with Gasteiger partial charge in [0, 0.05) is 18.3 Å². The molecule has 3 heteroatoms. The maximum atomic E-state index is 8.59. The molecule has 0 amide bonds. The first-order chi connectivity index (χ1) is 7.31. The zero-order chi connectivity index (χ0) is 10.7. The van der Waals surface area contributed by atoms with E-state index in [-0.39, 0.29) is 6.04 Å². The van der Waals surface area contributed by atoms with E-state index in [9.17, 15) is 0 Å². The van der Waals surface area contributed by atoms with Gasteiger partial charge < -0.3 is 10.3 Å². The molecule has 2 aromatic rings. The molecule has 3 nitrogen and oxygen atoms in total. The number of hydrogen-bond donors (Lipinski definition) is 1. The molecule has 1 aromatic carbocycles. The van der Waals surface area contributed by atoms with E-state index in [1.54, 1.807) is 0 Å². The number of rotatable bonds is 3. The fraction of sp³-hybridized carbons (Fsp3) is 0.250. The Morgan fingerprint density at radius 3 is 2.93 bits per heavy atom. The number of hydrogen-bond acceptors (Lipinski definition) is 2. The molecular formula is C12H13N3. The quantitative estimate of drug-likeness (QED) is 0.820. The summed E-state index contributed by atoms with van der Waals surface area (Å²) in [4.78, 5) is 0. The third-order valence-corrected chi connectivity index (χ3v) is 2.53. The monoisotopic (exact) mass is 199 g/mol. The molecule has 15 heavy (non-hydrogen) atoms. The van der Waals surface area contributed by atoms with E-state index in [0.717, 1.165) is 6.54 Å². The number of aromatic nitrogens is 1. The Kier molecular flexibility index (Phi) is 2.70. The number of nitrogens with two attached hydrogens (primary N) is 1. The highest BCUT2D eigenvalue weighted by atomic mass is 15.0. The first-order valence-corrected chi connectivity index (χ1v) is 5.00. The molecule has 0 aliphatic heterocycles. The van der Waals surface area contributed by atoms with Gasteiger partial charge >= 0.3 is 0 Å². The molecule has 2 rings (SSSR count). The lowest BCUT2D eigenvalue weighted by molar-refractivity contribution is 0.620. The second kappa shape index (κ2) is 4.16. The number of aryl methyl sites for hydroxylation is 1.